The molecular formula is C12H10F2N4S. The number of anilines is 1. The van der Waals surface area contributed by atoms with Crippen LogP contribution in [-0.2, 0) is 13.0 Å². The summed E-state index contributed by atoms with van der Waals surface area (Å²) in [7, 11) is 0. The maximum Gasteiger partial charge on any atom is 0.205 e. The molecule has 0 aliphatic heterocycles. The number of aryl methyl sites for hydroxylation is 1. The normalized spacial score (nSPS) is 10.2. The van der Waals surface area contributed by atoms with Crippen LogP contribution in [0.25, 0.3) is 0 Å². The quantitative estimate of drug-likeness (QED) is 0.935. The van der Waals surface area contributed by atoms with Gasteiger partial charge in [0.05, 0.1) is 11.6 Å². The summed E-state index contributed by atoms with van der Waals surface area (Å²) < 4.78 is 27.2. The van der Waals surface area contributed by atoms with E-state index in [0.29, 0.717) is 5.13 Å². The number of halogens is 2. The van der Waals surface area contributed by atoms with E-state index in [0.717, 1.165) is 23.6 Å². The van der Waals surface area contributed by atoms with Gasteiger partial charge in [-0.25, -0.2) is 8.78 Å². The van der Waals surface area contributed by atoms with Gasteiger partial charge in [-0.1, -0.05) is 18.3 Å². The number of nitrogens with zero attached hydrogens (tertiary/aromatic N) is 3. The van der Waals surface area contributed by atoms with Gasteiger partial charge < -0.3 is 5.32 Å². The van der Waals surface area contributed by atoms with Crippen molar-refractivity contribution in [2.45, 2.75) is 19.9 Å². The van der Waals surface area contributed by atoms with Gasteiger partial charge >= 0.3 is 0 Å². The molecular weight excluding hydrogens is 270 g/mol. The lowest BCUT2D eigenvalue weighted by Crippen LogP contribution is -2.05. The number of benzene rings is 1. The Morgan fingerprint density at radius 1 is 1.32 bits per heavy atom. The lowest BCUT2D eigenvalue weighted by atomic mass is 10.1. The Hall–Kier alpha value is -2.07. The van der Waals surface area contributed by atoms with E-state index in [-0.39, 0.29) is 17.7 Å². The number of nitrogens with one attached hydrogen (secondary N) is 1. The molecule has 0 saturated heterocycles. The van der Waals surface area contributed by atoms with Gasteiger partial charge in [-0.3, -0.25) is 0 Å². The highest BCUT2D eigenvalue weighted by Gasteiger charge is 2.12. The first-order valence-corrected chi connectivity index (χ1v) is 6.40. The van der Waals surface area contributed by atoms with Crippen LogP contribution >= 0.6 is 11.3 Å². The lowest BCUT2D eigenvalue weighted by molar-refractivity contribution is 0.559. The highest BCUT2D eigenvalue weighted by Crippen LogP contribution is 2.19. The van der Waals surface area contributed by atoms with E-state index in [9.17, 15) is 8.78 Å². The molecule has 19 heavy (non-hydrogen) atoms. The summed E-state index contributed by atoms with van der Waals surface area (Å²) in [4.78, 5) is 0. The molecule has 1 N–H and O–H groups in total. The van der Waals surface area contributed by atoms with E-state index < -0.39 is 11.6 Å². The Bertz CT molecular complexity index is 610. The third kappa shape index (κ3) is 3.03. The summed E-state index contributed by atoms with van der Waals surface area (Å²) in [5, 5.41) is 20.5. The zero-order valence-electron chi connectivity index (χ0n) is 10.1. The zero-order valence-corrected chi connectivity index (χ0v) is 10.9. The minimum absolute atomic E-state index is 0.0389. The smallest absolute Gasteiger partial charge is 0.205 e. The predicted molar refractivity (Wildman–Crippen MR) is 67.7 cm³/mol. The Balaban J connectivity index is 2.13. The van der Waals surface area contributed by atoms with E-state index in [4.69, 9.17) is 5.26 Å². The van der Waals surface area contributed by atoms with Crippen molar-refractivity contribution in [3.05, 3.63) is 39.9 Å². The van der Waals surface area contributed by atoms with Crippen molar-refractivity contribution in [3.63, 3.8) is 0 Å². The summed E-state index contributed by atoms with van der Waals surface area (Å²) in [6.45, 7) is 1.91. The summed E-state index contributed by atoms with van der Waals surface area (Å²) in [5.74, 6) is -1.49. The number of aromatic nitrogens is 2. The van der Waals surface area contributed by atoms with E-state index >= 15 is 0 Å². The van der Waals surface area contributed by atoms with Crippen LogP contribution in [0.2, 0.25) is 0 Å². The standard InChI is InChI=1S/C12H10F2N4S/c1-2-11-17-18-12(19-11)16-6-8-9(13)3-7(5-15)4-10(8)14/h3-4H,2,6H2,1H3,(H,16,18). The largest absolute Gasteiger partial charge is 0.356 e. The number of nitriles is 1. The van der Waals surface area contributed by atoms with Gasteiger partial charge in [0.2, 0.25) is 5.13 Å². The first-order chi connectivity index (χ1) is 9.13. The third-order valence-corrected chi connectivity index (χ3v) is 3.48. The number of rotatable bonds is 4. The van der Waals surface area contributed by atoms with Gasteiger partial charge in [0.1, 0.15) is 16.6 Å². The fraction of sp³-hybridized carbons (Fsp3) is 0.250. The molecule has 0 aliphatic rings. The molecule has 0 unspecified atom stereocenters. The molecule has 0 aliphatic carbocycles. The van der Waals surface area contributed by atoms with Gasteiger partial charge in [0.25, 0.3) is 0 Å². The van der Waals surface area contributed by atoms with Crippen molar-refractivity contribution in [2.24, 2.45) is 0 Å². The molecule has 2 aromatic rings. The highest BCUT2D eigenvalue weighted by atomic mass is 32.1. The Kier molecular flexibility index (Phi) is 4.02. The van der Waals surface area contributed by atoms with Crippen LogP contribution in [0.15, 0.2) is 12.1 Å². The second-order valence-electron chi connectivity index (χ2n) is 3.74. The van der Waals surface area contributed by atoms with E-state index in [1.807, 2.05) is 6.92 Å². The molecule has 2 rings (SSSR count). The molecule has 1 heterocycles. The summed E-state index contributed by atoms with van der Waals surface area (Å²) >= 11 is 1.34. The van der Waals surface area contributed by atoms with Gasteiger partial charge in [-0.15, -0.1) is 10.2 Å². The Morgan fingerprint density at radius 3 is 2.53 bits per heavy atom. The Labute approximate surface area is 112 Å². The average Bonchev–Trinajstić information content (AvgIpc) is 2.85. The molecule has 0 amide bonds. The average molecular weight is 280 g/mol. The van der Waals surface area contributed by atoms with Gasteiger partial charge in [0.15, 0.2) is 0 Å². The summed E-state index contributed by atoms with van der Waals surface area (Å²) in [6, 6.07) is 3.72. The molecule has 0 bridgehead atoms. The molecule has 98 valence electrons. The van der Waals surface area contributed by atoms with Crippen LogP contribution in [0.4, 0.5) is 13.9 Å². The maximum absolute atomic E-state index is 13.6. The van der Waals surface area contributed by atoms with Crippen molar-refractivity contribution < 1.29 is 8.78 Å². The van der Waals surface area contributed by atoms with E-state index in [1.165, 1.54) is 11.3 Å². The number of hydrogen-bond acceptors (Lipinski definition) is 5. The van der Waals surface area contributed by atoms with Crippen molar-refractivity contribution in [1.82, 2.24) is 10.2 Å². The fourth-order valence-electron chi connectivity index (χ4n) is 1.47. The zero-order chi connectivity index (χ0) is 13.8. The Morgan fingerprint density at radius 2 is 2.00 bits per heavy atom. The fourth-order valence-corrected chi connectivity index (χ4v) is 2.14. The topological polar surface area (TPSA) is 61.6 Å². The summed E-state index contributed by atoms with van der Waals surface area (Å²) in [5.41, 5.74) is -0.157. The molecule has 0 radical (unpaired) electrons. The molecule has 7 heteroatoms. The summed E-state index contributed by atoms with van der Waals surface area (Å²) in [6.07, 6.45) is 0.763. The van der Waals surface area contributed by atoms with Crippen molar-refractivity contribution in [2.75, 3.05) is 5.32 Å². The van der Waals surface area contributed by atoms with Gasteiger partial charge in [0, 0.05) is 12.1 Å². The molecule has 0 atom stereocenters. The van der Waals surface area contributed by atoms with E-state index in [2.05, 4.69) is 15.5 Å². The maximum atomic E-state index is 13.6. The highest BCUT2D eigenvalue weighted by molar-refractivity contribution is 7.15. The molecule has 1 aromatic heterocycles. The first-order valence-electron chi connectivity index (χ1n) is 5.58. The van der Waals surface area contributed by atoms with Crippen LogP contribution in [0.1, 0.15) is 23.1 Å². The van der Waals surface area contributed by atoms with Crippen LogP contribution in [0.5, 0.6) is 0 Å². The predicted octanol–water partition coefficient (Wildman–Crippen LogP) is 2.86. The minimum atomic E-state index is -0.746. The second kappa shape index (κ2) is 5.71. The SMILES string of the molecule is CCc1nnc(NCc2c(F)cc(C#N)cc2F)s1. The lowest BCUT2D eigenvalue weighted by Gasteiger charge is -2.06. The molecule has 0 fully saturated rings. The van der Waals surface area contributed by atoms with Gasteiger partial charge in [-0.05, 0) is 18.6 Å². The van der Waals surface area contributed by atoms with Crippen molar-refractivity contribution in [1.29, 1.82) is 5.26 Å². The molecule has 4 nitrogen and oxygen atoms in total. The van der Waals surface area contributed by atoms with Crippen LogP contribution in [-0.4, -0.2) is 10.2 Å². The van der Waals surface area contributed by atoms with E-state index in [1.54, 1.807) is 6.07 Å². The molecule has 1 aromatic carbocycles. The van der Waals surface area contributed by atoms with Crippen LogP contribution in [0.3, 0.4) is 0 Å². The minimum Gasteiger partial charge on any atom is -0.356 e. The third-order valence-electron chi connectivity index (χ3n) is 2.46. The van der Waals surface area contributed by atoms with Crippen LogP contribution < -0.4 is 5.32 Å². The molecule has 0 spiro atoms. The second-order valence-corrected chi connectivity index (χ2v) is 4.80. The monoisotopic (exact) mass is 280 g/mol. The molecule has 0 saturated carbocycles. The first kappa shape index (κ1) is 13.4. The van der Waals surface area contributed by atoms with Crippen molar-refractivity contribution >= 4 is 16.5 Å². The van der Waals surface area contributed by atoms with Gasteiger partial charge in [-0.2, -0.15) is 5.26 Å². The number of hydrogen-bond donors (Lipinski definition) is 1. The van der Waals surface area contributed by atoms with Crippen molar-refractivity contribution in [3.8, 4) is 6.07 Å². The van der Waals surface area contributed by atoms with Crippen LogP contribution in [0, 0.1) is 23.0 Å².